The molecule has 0 unspecified atom stereocenters. The van der Waals surface area contributed by atoms with E-state index >= 15 is 0 Å². The minimum absolute atomic E-state index is 0.120. The third-order valence-corrected chi connectivity index (χ3v) is 5.70. The average molecular weight is 320 g/mol. The second-order valence-electron chi connectivity index (χ2n) is 7.15. The van der Waals surface area contributed by atoms with Gasteiger partial charge in [-0.3, -0.25) is 9.69 Å². The lowest BCUT2D eigenvalue weighted by atomic mass is 9.85. The van der Waals surface area contributed by atoms with Crippen molar-refractivity contribution in [2.75, 3.05) is 33.2 Å². The zero-order valence-corrected chi connectivity index (χ0v) is 14.2. The summed E-state index contributed by atoms with van der Waals surface area (Å²) in [5.74, 6) is 0.824. The van der Waals surface area contributed by atoms with Gasteiger partial charge in [-0.25, -0.2) is 0 Å². The van der Waals surface area contributed by atoms with Crippen LogP contribution in [0.2, 0.25) is 0 Å². The molecule has 1 aliphatic carbocycles. The second-order valence-corrected chi connectivity index (χ2v) is 7.15. The van der Waals surface area contributed by atoms with Crippen LogP contribution in [-0.2, 0) is 10.2 Å². The molecule has 2 aliphatic rings. The molecule has 2 fully saturated rings. The molecule has 2 aromatic rings. The van der Waals surface area contributed by atoms with Crippen molar-refractivity contribution >= 4 is 5.91 Å². The topological polar surface area (TPSA) is 23.6 Å². The van der Waals surface area contributed by atoms with Crippen LogP contribution in [0.4, 0.5) is 0 Å². The molecule has 124 valence electrons. The van der Waals surface area contributed by atoms with Gasteiger partial charge in [-0.05, 0) is 23.5 Å². The first-order chi connectivity index (χ1) is 11.7. The monoisotopic (exact) mass is 320 g/mol. The highest BCUT2D eigenvalue weighted by molar-refractivity contribution is 5.78. The van der Waals surface area contributed by atoms with Gasteiger partial charge >= 0.3 is 0 Å². The van der Waals surface area contributed by atoms with Gasteiger partial charge in [0.1, 0.15) is 0 Å². The fourth-order valence-electron chi connectivity index (χ4n) is 4.17. The third kappa shape index (κ3) is 2.63. The Bertz CT molecular complexity index is 674. The molecular formula is C21H24N2O. The van der Waals surface area contributed by atoms with Crippen LogP contribution in [0.1, 0.15) is 17.5 Å². The van der Waals surface area contributed by atoms with E-state index < -0.39 is 0 Å². The molecule has 3 nitrogen and oxygen atoms in total. The number of hydrogen-bond donors (Lipinski definition) is 0. The summed E-state index contributed by atoms with van der Waals surface area (Å²) in [6, 6.07) is 21.7. The van der Waals surface area contributed by atoms with E-state index in [9.17, 15) is 4.79 Å². The maximum atomic E-state index is 12.0. The SMILES string of the molecule is CN1CCN(C[C@H]2CC2(c2ccccc2)c2ccccc2)CC1=O. The zero-order valence-electron chi connectivity index (χ0n) is 14.2. The van der Waals surface area contributed by atoms with Crippen LogP contribution in [0.3, 0.4) is 0 Å². The van der Waals surface area contributed by atoms with E-state index in [-0.39, 0.29) is 11.3 Å². The third-order valence-electron chi connectivity index (χ3n) is 5.70. The molecule has 0 N–H and O–H groups in total. The molecule has 0 bridgehead atoms. The molecule has 24 heavy (non-hydrogen) atoms. The van der Waals surface area contributed by atoms with Gasteiger partial charge in [0.25, 0.3) is 0 Å². The molecule has 0 radical (unpaired) electrons. The number of hydrogen-bond acceptors (Lipinski definition) is 2. The number of nitrogens with zero attached hydrogens (tertiary/aromatic N) is 2. The molecule has 0 aromatic heterocycles. The van der Waals surface area contributed by atoms with Crippen LogP contribution in [0.15, 0.2) is 60.7 Å². The van der Waals surface area contributed by atoms with Crippen molar-refractivity contribution in [2.24, 2.45) is 5.92 Å². The standard InChI is InChI=1S/C21H24N2O/c1-22-12-13-23(16-20(22)24)15-19-14-21(19,17-8-4-2-5-9-17)18-10-6-3-7-11-18/h2-11,19H,12-16H2,1H3/t19-/m1/s1. The van der Waals surface area contributed by atoms with Crippen LogP contribution < -0.4 is 0 Å². The van der Waals surface area contributed by atoms with E-state index in [2.05, 4.69) is 65.6 Å². The molecule has 0 spiro atoms. The number of piperazine rings is 1. The van der Waals surface area contributed by atoms with E-state index in [1.54, 1.807) is 0 Å². The largest absolute Gasteiger partial charge is 0.343 e. The summed E-state index contributed by atoms with van der Waals surface area (Å²) < 4.78 is 0. The summed E-state index contributed by atoms with van der Waals surface area (Å²) in [6.45, 7) is 3.39. The first-order valence-corrected chi connectivity index (χ1v) is 8.77. The predicted octanol–water partition coefficient (Wildman–Crippen LogP) is 2.77. The maximum absolute atomic E-state index is 12.0. The molecule has 3 heteroatoms. The molecule has 1 saturated carbocycles. The fourth-order valence-corrected chi connectivity index (χ4v) is 4.17. The predicted molar refractivity (Wildman–Crippen MR) is 95.8 cm³/mol. The van der Waals surface area contributed by atoms with Gasteiger partial charge in [-0.1, -0.05) is 60.7 Å². The van der Waals surface area contributed by atoms with Crippen molar-refractivity contribution < 1.29 is 4.79 Å². The molecule has 1 amide bonds. The molecule has 1 saturated heterocycles. The number of carbonyl (C=O) groups excluding carboxylic acids is 1. The zero-order chi connectivity index (χ0) is 16.6. The summed E-state index contributed by atoms with van der Waals surface area (Å²) in [4.78, 5) is 16.2. The molecule has 4 rings (SSSR count). The van der Waals surface area contributed by atoms with E-state index in [0.717, 1.165) is 19.6 Å². The Hall–Kier alpha value is -2.13. The highest BCUT2D eigenvalue weighted by atomic mass is 16.2. The van der Waals surface area contributed by atoms with Gasteiger partial charge in [0.15, 0.2) is 0 Å². The number of carbonyl (C=O) groups is 1. The minimum atomic E-state index is 0.120. The van der Waals surface area contributed by atoms with Crippen molar-refractivity contribution in [3.8, 4) is 0 Å². The minimum Gasteiger partial charge on any atom is -0.343 e. The Labute approximate surface area is 143 Å². The van der Waals surface area contributed by atoms with E-state index in [1.165, 1.54) is 17.5 Å². The van der Waals surface area contributed by atoms with Gasteiger partial charge < -0.3 is 4.90 Å². The van der Waals surface area contributed by atoms with Crippen LogP contribution in [-0.4, -0.2) is 48.9 Å². The van der Waals surface area contributed by atoms with Crippen LogP contribution >= 0.6 is 0 Å². The van der Waals surface area contributed by atoms with Gasteiger partial charge in [0.2, 0.25) is 5.91 Å². The van der Waals surface area contributed by atoms with Crippen molar-refractivity contribution in [2.45, 2.75) is 11.8 Å². The fraction of sp³-hybridized carbons (Fsp3) is 0.381. The molecule has 1 aliphatic heterocycles. The Morgan fingerprint density at radius 2 is 1.54 bits per heavy atom. The highest BCUT2D eigenvalue weighted by Crippen LogP contribution is 2.59. The van der Waals surface area contributed by atoms with Crippen molar-refractivity contribution in [1.29, 1.82) is 0 Å². The quantitative estimate of drug-likeness (QED) is 0.865. The first-order valence-electron chi connectivity index (χ1n) is 8.77. The number of amides is 1. The second kappa shape index (κ2) is 6.06. The summed E-state index contributed by atoms with van der Waals surface area (Å²) in [7, 11) is 1.90. The van der Waals surface area contributed by atoms with Crippen molar-refractivity contribution in [3.05, 3.63) is 71.8 Å². The summed E-state index contributed by atoms with van der Waals surface area (Å²) >= 11 is 0. The molecular weight excluding hydrogens is 296 g/mol. The Balaban J connectivity index is 1.58. The Morgan fingerprint density at radius 3 is 2.08 bits per heavy atom. The molecule has 2 aromatic carbocycles. The smallest absolute Gasteiger partial charge is 0.236 e. The van der Waals surface area contributed by atoms with Crippen LogP contribution in [0, 0.1) is 5.92 Å². The van der Waals surface area contributed by atoms with Gasteiger partial charge in [-0.2, -0.15) is 0 Å². The number of rotatable bonds is 4. The summed E-state index contributed by atoms with van der Waals surface area (Å²) in [5.41, 5.74) is 2.93. The highest BCUT2D eigenvalue weighted by Gasteiger charge is 2.56. The van der Waals surface area contributed by atoms with Gasteiger partial charge in [0.05, 0.1) is 6.54 Å². The summed E-state index contributed by atoms with van der Waals surface area (Å²) in [5, 5.41) is 0. The molecule has 1 heterocycles. The summed E-state index contributed by atoms with van der Waals surface area (Å²) in [6.07, 6.45) is 1.17. The van der Waals surface area contributed by atoms with Gasteiger partial charge in [-0.15, -0.1) is 0 Å². The van der Waals surface area contributed by atoms with Crippen molar-refractivity contribution in [3.63, 3.8) is 0 Å². The Morgan fingerprint density at radius 1 is 0.958 bits per heavy atom. The molecule has 1 atom stereocenters. The maximum Gasteiger partial charge on any atom is 0.236 e. The van der Waals surface area contributed by atoms with Crippen LogP contribution in [0.25, 0.3) is 0 Å². The number of likely N-dealkylation sites (N-methyl/N-ethyl adjacent to an activating group) is 1. The Kier molecular flexibility index (Phi) is 3.89. The van der Waals surface area contributed by atoms with Crippen LogP contribution in [0.5, 0.6) is 0 Å². The van der Waals surface area contributed by atoms with E-state index in [0.29, 0.717) is 12.5 Å². The lowest BCUT2D eigenvalue weighted by molar-refractivity contribution is -0.134. The van der Waals surface area contributed by atoms with E-state index in [1.807, 2.05) is 11.9 Å². The first kappa shape index (κ1) is 15.4. The van der Waals surface area contributed by atoms with Gasteiger partial charge in [0, 0.05) is 32.1 Å². The van der Waals surface area contributed by atoms with Crippen molar-refractivity contribution in [1.82, 2.24) is 9.80 Å². The average Bonchev–Trinajstić information content (AvgIpc) is 3.35. The lowest BCUT2D eigenvalue weighted by Crippen LogP contribution is -2.49. The lowest BCUT2D eigenvalue weighted by Gasteiger charge is -2.32. The normalized spacial score (nSPS) is 23.3. The van der Waals surface area contributed by atoms with E-state index in [4.69, 9.17) is 0 Å². The number of benzene rings is 2.